The van der Waals surface area contributed by atoms with Crippen LogP contribution in [0.25, 0.3) is 0 Å². The summed E-state index contributed by atoms with van der Waals surface area (Å²) in [5.41, 5.74) is 0. The summed E-state index contributed by atoms with van der Waals surface area (Å²) in [6.45, 7) is 4.84. The fraction of sp³-hybridized carbons (Fsp3) is 0.800. The van der Waals surface area contributed by atoms with Gasteiger partial charge >= 0.3 is 6.01 Å². The SMILES string of the molecule is CCCOc1nc(Cl)nc(NC(C)C2CC3CCC2C3)n1. The number of halogens is 1. The normalized spacial score (nSPS) is 28.6. The molecule has 0 spiro atoms. The van der Waals surface area contributed by atoms with E-state index in [1.165, 1.54) is 25.7 Å². The Labute approximate surface area is 130 Å². The topological polar surface area (TPSA) is 59.9 Å². The minimum atomic E-state index is 0.179. The van der Waals surface area contributed by atoms with Gasteiger partial charge in [0.1, 0.15) is 0 Å². The highest BCUT2D eigenvalue weighted by Gasteiger charge is 2.41. The lowest BCUT2D eigenvalue weighted by Gasteiger charge is -2.28. The van der Waals surface area contributed by atoms with Gasteiger partial charge in [0.2, 0.25) is 11.2 Å². The summed E-state index contributed by atoms with van der Waals surface area (Å²) in [5, 5.41) is 3.58. The molecule has 1 heterocycles. The van der Waals surface area contributed by atoms with Crippen molar-refractivity contribution in [2.75, 3.05) is 11.9 Å². The number of hydrogen-bond donors (Lipinski definition) is 1. The highest BCUT2D eigenvalue weighted by atomic mass is 35.5. The Bertz CT molecular complexity index is 499. The van der Waals surface area contributed by atoms with Gasteiger partial charge in [0, 0.05) is 6.04 Å². The zero-order valence-electron chi connectivity index (χ0n) is 12.7. The molecule has 0 saturated heterocycles. The number of fused-ring (bicyclic) bond motifs is 2. The Hall–Kier alpha value is -1.10. The van der Waals surface area contributed by atoms with E-state index in [0.29, 0.717) is 24.6 Å². The lowest BCUT2D eigenvalue weighted by molar-refractivity contribution is 0.289. The number of anilines is 1. The number of aromatic nitrogens is 3. The van der Waals surface area contributed by atoms with E-state index in [1.807, 2.05) is 6.92 Å². The minimum Gasteiger partial charge on any atom is -0.463 e. The molecular weight excluding hydrogens is 288 g/mol. The molecule has 4 unspecified atom stereocenters. The average Bonchev–Trinajstić information content (AvgIpc) is 3.07. The molecule has 4 atom stereocenters. The van der Waals surface area contributed by atoms with E-state index in [9.17, 15) is 0 Å². The second kappa shape index (κ2) is 6.34. The van der Waals surface area contributed by atoms with Gasteiger partial charge in [-0.1, -0.05) is 13.3 Å². The second-order valence-electron chi connectivity index (χ2n) is 6.33. The fourth-order valence-corrected chi connectivity index (χ4v) is 4.02. The molecule has 0 aromatic carbocycles. The van der Waals surface area contributed by atoms with Gasteiger partial charge < -0.3 is 10.1 Å². The standard InChI is InChI=1S/C15H23ClN4O/c1-3-6-21-15-19-13(16)18-14(20-15)17-9(2)12-8-10-4-5-11(12)7-10/h9-12H,3-8H2,1-2H3,(H,17,18,19,20). The molecule has 5 nitrogen and oxygen atoms in total. The maximum Gasteiger partial charge on any atom is 0.322 e. The first kappa shape index (κ1) is 14.8. The van der Waals surface area contributed by atoms with Gasteiger partial charge in [-0.05, 0) is 62.0 Å². The molecule has 0 radical (unpaired) electrons. The van der Waals surface area contributed by atoms with Crippen LogP contribution in [0.4, 0.5) is 5.95 Å². The average molecular weight is 311 g/mol. The predicted octanol–water partition coefficient (Wildman–Crippen LogP) is 3.55. The predicted molar refractivity (Wildman–Crippen MR) is 82.6 cm³/mol. The van der Waals surface area contributed by atoms with Crippen molar-refractivity contribution in [3.63, 3.8) is 0 Å². The largest absolute Gasteiger partial charge is 0.463 e. The maximum absolute atomic E-state index is 5.95. The summed E-state index contributed by atoms with van der Waals surface area (Å²) >= 11 is 5.95. The van der Waals surface area contributed by atoms with E-state index in [0.717, 1.165) is 24.2 Å². The molecule has 1 aromatic heterocycles. The van der Waals surface area contributed by atoms with E-state index in [-0.39, 0.29) is 5.28 Å². The van der Waals surface area contributed by atoms with Gasteiger partial charge in [0.05, 0.1) is 6.61 Å². The molecule has 0 aliphatic heterocycles. The molecular formula is C15H23ClN4O. The number of rotatable bonds is 6. The summed E-state index contributed by atoms with van der Waals surface area (Å²) in [4.78, 5) is 12.5. The number of hydrogen-bond acceptors (Lipinski definition) is 5. The maximum atomic E-state index is 5.95. The Morgan fingerprint density at radius 3 is 2.81 bits per heavy atom. The van der Waals surface area contributed by atoms with Crippen LogP contribution < -0.4 is 10.1 Å². The zero-order chi connectivity index (χ0) is 14.8. The minimum absolute atomic E-state index is 0.179. The molecule has 1 N–H and O–H groups in total. The lowest BCUT2D eigenvalue weighted by Crippen LogP contribution is -2.30. The molecule has 21 heavy (non-hydrogen) atoms. The van der Waals surface area contributed by atoms with Gasteiger partial charge in [0.15, 0.2) is 0 Å². The lowest BCUT2D eigenvalue weighted by atomic mass is 9.84. The highest BCUT2D eigenvalue weighted by Crippen LogP contribution is 2.49. The van der Waals surface area contributed by atoms with Crippen molar-refractivity contribution >= 4 is 17.5 Å². The number of nitrogens with zero attached hydrogens (tertiary/aromatic N) is 3. The number of nitrogens with one attached hydrogen (secondary N) is 1. The van der Waals surface area contributed by atoms with Crippen LogP contribution in [0, 0.1) is 17.8 Å². The molecule has 0 amide bonds. The third-order valence-electron chi connectivity index (χ3n) is 4.81. The summed E-state index contributed by atoms with van der Waals surface area (Å²) in [6.07, 6.45) is 6.44. The summed E-state index contributed by atoms with van der Waals surface area (Å²) in [5.74, 6) is 3.05. The summed E-state index contributed by atoms with van der Waals surface area (Å²) in [7, 11) is 0. The van der Waals surface area contributed by atoms with Crippen molar-refractivity contribution in [3.05, 3.63) is 5.28 Å². The van der Waals surface area contributed by atoms with Gasteiger partial charge in [-0.15, -0.1) is 0 Å². The fourth-order valence-electron chi connectivity index (χ4n) is 3.87. The molecule has 116 valence electrons. The van der Waals surface area contributed by atoms with Crippen LogP contribution in [0.1, 0.15) is 46.0 Å². The van der Waals surface area contributed by atoms with Crippen LogP contribution in [0.5, 0.6) is 6.01 Å². The third-order valence-corrected chi connectivity index (χ3v) is 4.98. The van der Waals surface area contributed by atoms with Gasteiger partial charge in [-0.25, -0.2) is 0 Å². The molecule has 2 saturated carbocycles. The van der Waals surface area contributed by atoms with E-state index < -0.39 is 0 Å². The Kier molecular flexibility index (Phi) is 4.48. The van der Waals surface area contributed by atoms with Crippen molar-refractivity contribution in [1.82, 2.24) is 15.0 Å². The second-order valence-corrected chi connectivity index (χ2v) is 6.67. The van der Waals surface area contributed by atoms with E-state index >= 15 is 0 Å². The van der Waals surface area contributed by atoms with Crippen molar-refractivity contribution in [2.45, 2.75) is 52.0 Å². The molecule has 3 rings (SSSR count). The van der Waals surface area contributed by atoms with Gasteiger partial charge in [-0.2, -0.15) is 15.0 Å². The van der Waals surface area contributed by atoms with Crippen LogP contribution >= 0.6 is 11.6 Å². The first-order valence-electron chi connectivity index (χ1n) is 7.96. The molecule has 2 bridgehead atoms. The van der Waals surface area contributed by atoms with Crippen LogP contribution in [0.3, 0.4) is 0 Å². The summed E-state index contributed by atoms with van der Waals surface area (Å²) < 4.78 is 5.45. The van der Waals surface area contributed by atoms with Crippen LogP contribution in [-0.4, -0.2) is 27.6 Å². The Balaban J connectivity index is 1.65. The molecule has 2 aliphatic rings. The smallest absolute Gasteiger partial charge is 0.322 e. The summed E-state index contributed by atoms with van der Waals surface area (Å²) in [6, 6.07) is 0.664. The van der Waals surface area contributed by atoms with Gasteiger partial charge in [0.25, 0.3) is 0 Å². The molecule has 2 fully saturated rings. The zero-order valence-corrected chi connectivity index (χ0v) is 13.4. The van der Waals surface area contributed by atoms with E-state index in [2.05, 4.69) is 27.2 Å². The van der Waals surface area contributed by atoms with Crippen LogP contribution in [0.15, 0.2) is 0 Å². The van der Waals surface area contributed by atoms with Crippen molar-refractivity contribution in [3.8, 4) is 6.01 Å². The third kappa shape index (κ3) is 3.39. The van der Waals surface area contributed by atoms with Crippen molar-refractivity contribution < 1.29 is 4.74 Å². The van der Waals surface area contributed by atoms with Crippen LogP contribution in [-0.2, 0) is 0 Å². The number of ether oxygens (including phenoxy) is 1. The first-order chi connectivity index (χ1) is 10.2. The van der Waals surface area contributed by atoms with Gasteiger partial charge in [-0.3, -0.25) is 0 Å². The van der Waals surface area contributed by atoms with E-state index in [1.54, 1.807) is 0 Å². The Morgan fingerprint density at radius 2 is 2.14 bits per heavy atom. The van der Waals surface area contributed by atoms with Crippen molar-refractivity contribution in [1.29, 1.82) is 0 Å². The molecule has 1 aromatic rings. The van der Waals surface area contributed by atoms with Crippen molar-refractivity contribution in [2.24, 2.45) is 17.8 Å². The molecule has 2 aliphatic carbocycles. The monoisotopic (exact) mass is 310 g/mol. The van der Waals surface area contributed by atoms with E-state index in [4.69, 9.17) is 16.3 Å². The van der Waals surface area contributed by atoms with Crippen LogP contribution in [0.2, 0.25) is 5.28 Å². The quantitative estimate of drug-likeness (QED) is 0.870. The first-order valence-corrected chi connectivity index (χ1v) is 8.34. The highest BCUT2D eigenvalue weighted by molar-refractivity contribution is 6.28. The Morgan fingerprint density at radius 1 is 1.29 bits per heavy atom. The molecule has 6 heteroatoms.